The molecule has 2 heterocycles. The number of aromatic nitrogens is 4. The summed E-state index contributed by atoms with van der Waals surface area (Å²) in [6.07, 6.45) is 2.66. The maximum atomic E-state index is 6.04. The van der Waals surface area contributed by atoms with E-state index in [0.29, 0.717) is 29.5 Å². The predicted molar refractivity (Wildman–Crippen MR) is 103 cm³/mol. The van der Waals surface area contributed by atoms with Crippen molar-refractivity contribution in [2.45, 2.75) is 39.5 Å². The van der Waals surface area contributed by atoms with Gasteiger partial charge in [0.2, 0.25) is 0 Å². The molecule has 0 saturated heterocycles. The third kappa shape index (κ3) is 4.11. The zero-order valence-electron chi connectivity index (χ0n) is 15.8. The average Bonchev–Trinajstić information content (AvgIpc) is 2.99. The predicted octanol–water partition coefficient (Wildman–Crippen LogP) is 2.70. The van der Waals surface area contributed by atoms with E-state index in [1.807, 2.05) is 11.5 Å². The third-order valence-electron chi connectivity index (χ3n) is 4.23. The molecule has 7 heteroatoms. The zero-order chi connectivity index (χ0) is 18.7. The van der Waals surface area contributed by atoms with Gasteiger partial charge in [-0.15, -0.1) is 0 Å². The van der Waals surface area contributed by atoms with Gasteiger partial charge in [-0.2, -0.15) is 9.97 Å². The molecular weight excluding hydrogens is 328 g/mol. The van der Waals surface area contributed by atoms with Crippen LogP contribution in [0.4, 0.5) is 5.82 Å². The summed E-state index contributed by atoms with van der Waals surface area (Å²) in [4.78, 5) is 15.2. The minimum atomic E-state index is 0.0347. The number of nitrogens with two attached hydrogens (primary N) is 1. The van der Waals surface area contributed by atoms with Crippen LogP contribution in [-0.2, 0) is 13.1 Å². The van der Waals surface area contributed by atoms with E-state index in [4.69, 9.17) is 10.5 Å². The van der Waals surface area contributed by atoms with E-state index >= 15 is 0 Å². The molecule has 0 aliphatic rings. The Hall–Kier alpha value is -2.67. The molecule has 0 amide bonds. The van der Waals surface area contributed by atoms with E-state index in [0.717, 1.165) is 13.0 Å². The van der Waals surface area contributed by atoms with Crippen LogP contribution >= 0.6 is 0 Å². The lowest BCUT2D eigenvalue weighted by Gasteiger charge is -2.12. The molecular formula is C19H26N6O. The number of fused-ring (bicyclic) bond motifs is 1. The SMILES string of the molecule is CCC(C)Oc1nc(N)c2ncn(Cc3ccc(CN(C)C)cc3)c2n1. The summed E-state index contributed by atoms with van der Waals surface area (Å²) in [7, 11) is 4.13. The van der Waals surface area contributed by atoms with Crippen molar-refractivity contribution in [2.24, 2.45) is 0 Å². The molecule has 0 spiro atoms. The highest BCUT2D eigenvalue weighted by Gasteiger charge is 2.14. The molecule has 0 fully saturated rings. The Morgan fingerprint density at radius 1 is 1.15 bits per heavy atom. The Balaban J connectivity index is 1.85. The van der Waals surface area contributed by atoms with E-state index in [9.17, 15) is 0 Å². The zero-order valence-corrected chi connectivity index (χ0v) is 15.8. The number of anilines is 1. The number of rotatable bonds is 7. The molecule has 26 heavy (non-hydrogen) atoms. The quantitative estimate of drug-likeness (QED) is 0.702. The van der Waals surface area contributed by atoms with Crippen molar-refractivity contribution in [3.05, 3.63) is 41.7 Å². The van der Waals surface area contributed by atoms with Crippen LogP contribution in [-0.4, -0.2) is 44.6 Å². The number of hydrogen-bond acceptors (Lipinski definition) is 6. The number of ether oxygens (including phenoxy) is 1. The van der Waals surface area contributed by atoms with Crippen LogP contribution in [0.3, 0.4) is 0 Å². The fraction of sp³-hybridized carbons (Fsp3) is 0.421. The highest BCUT2D eigenvalue weighted by atomic mass is 16.5. The number of nitrogen functional groups attached to an aromatic ring is 1. The molecule has 2 N–H and O–H groups in total. The van der Waals surface area contributed by atoms with Crippen molar-refractivity contribution in [2.75, 3.05) is 19.8 Å². The summed E-state index contributed by atoms with van der Waals surface area (Å²) in [6, 6.07) is 8.86. The van der Waals surface area contributed by atoms with Gasteiger partial charge in [-0.25, -0.2) is 4.98 Å². The fourth-order valence-corrected chi connectivity index (χ4v) is 2.69. The number of imidazole rings is 1. The second-order valence-corrected chi connectivity index (χ2v) is 6.83. The van der Waals surface area contributed by atoms with Gasteiger partial charge in [0.25, 0.3) is 0 Å². The van der Waals surface area contributed by atoms with Gasteiger partial charge in [0, 0.05) is 6.54 Å². The first-order valence-electron chi connectivity index (χ1n) is 8.83. The molecule has 2 aromatic heterocycles. The number of nitrogens with zero attached hydrogens (tertiary/aromatic N) is 5. The summed E-state index contributed by atoms with van der Waals surface area (Å²) >= 11 is 0. The molecule has 7 nitrogen and oxygen atoms in total. The lowest BCUT2D eigenvalue weighted by Crippen LogP contribution is -2.13. The first-order valence-corrected chi connectivity index (χ1v) is 8.83. The standard InChI is InChI=1S/C19H26N6O/c1-5-13(2)26-19-22-17(20)16-18(23-19)25(12-21-16)11-15-8-6-14(7-9-15)10-24(3)4/h6-9,12-13H,5,10-11H2,1-4H3,(H2,20,22,23). The van der Waals surface area contributed by atoms with E-state index in [2.05, 4.69) is 65.1 Å². The lowest BCUT2D eigenvalue weighted by atomic mass is 10.1. The van der Waals surface area contributed by atoms with Gasteiger partial charge in [0.05, 0.1) is 19.0 Å². The molecule has 1 unspecified atom stereocenters. The minimum absolute atomic E-state index is 0.0347. The monoisotopic (exact) mass is 354 g/mol. The highest BCUT2D eigenvalue weighted by Crippen LogP contribution is 2.21. The topological polar surface area (TPSA) is 82.1 Å². The largest absolute Gasteiger partial charge is 0.460 e. The molecule has 3 rings (SSSR count). The summed E-state index contributed by atoms with van der Waals surface area (Å²) in [5, 5.41) is 0. The fourth-order valence-electron chi connectivity index (χ4n) is 2.69. The minimum Gasteiger partial charge on any atom is -0.460 e. The summed E-state index contributed by atoms with van der Waals surface area (Å²) < 4.78 is 7.70. The van der Waals surface area contributed by atoms with Crippen LogP contribution in [0.5, 0.6) is 6.01 Å². The molecule has 138 valence electrons. The second kappa shape index (κ2) is 7.70. The van der Waals surface area contributed by atoms with Crippen LogP contribution in [0.15, 0.2) is 30.6 Å². The van der Waals surface area contributed by atoms with Crippen molar-refractivity contribution < 1.29 is 4.74 Å². The normalized spacial score (nSPS) is 12.7. The Labute approximate surface area is 153 Å². The Morgan fingerprint density at radius 3 is 2.50 bits per heavy atom. The van der Waals surface area contributed by atoms with Gasteiger partial charge in [0.15, 0.2) is 17.0 Å². The van der Waals surface area contributed by atoms with E-state index < -0.39 is 0 Å². The van der Waals surface area contributed by atoms with Crippen LogP contribution in [0, 0.1) is 0 Å². The van der Waals surface area contributed by atoms with Crippen LogP contribution in [0.25, 0.3) is 11.2 Å². The maximum absolute atomic E-state index is 6.04. The van der Waals surface area contributed by atoms with Crippen LogP contribution in [0.2, 0.25) is 0 Å². The smallest absolute Gasteiger partial charge is 0.320 e. The molecule has 0 aliphatic heterocycles. The average molecular weight is 354 g/mol. The lowest BCUT2D eigenvalue weighted by molar-refractivity contribution is 0.200. The first kappa shape index (κ1) is 18.1. The Kier molecular flexibility index (Phi) is 5.37. The van der Waals surface area contributed by atoms with Crippen LogP contribution < -0.4 is 10.5 Å². The second-order valence-electron chi connectivity index (χ2n) is 6.83. The van der Waals surface area contributed by atoms with Crippen molar-refractivity contribution in [3.8, 4) is 6.01 Å². The number of benzene rings is 1. The molecule has 3 aromatic rings. The third-order valence-corrected chi connectivity index (χ3v) is 4.23. The molecule has 0 aliphatic carbocycles. The molecule has 0 saturated carbocycles. The molecule has 0 bridgehead atoms. The summed E-state index contributed by atoms with van der Waals surface area (Å²) in [5.41, 5.74) is 9.78. The maximum Gasteiger partial charge on any atom is 0.320 e. The highest BCUT2D eigenvalue weighted by molar-refractivity contribution is 5.81. The Morgan fingerprint density at radius 2 is 1.85 bits per heavy atom. The van der Waals surface area contributed by atoms with Gasteiger partial charge in [-0.05, 0) is 38.6 Å². The van der Waals surface area contributed by atoms with E-state index in [1.165, 1.54) is 11.1 Å². The van der Waals surface area contributed by atoms with Crippen molar-refractivity contribution in [1.29, 1.82) is 0 Å². The summed E-state index contributed by atoms with van der Waals surface area (Å²) in [5.74, 6) is 0.341. The molecule has 0 radical (unpaired) electrons. The Bertz CT molecular complexity index is 872. The van der Waals surface area contributed by atoms with E-state index in [-0.39, 0.29) is 6.10 Å². The number of hydrogen-bond donors (Lipinski definition) is 1. The van der Waals surface area contributed by atoms with Gasteiger partial charge in [-0.3, -0.25) is 0 Å². The van der Waals surface area contributed by atoms with Crippen molar-refractivity contribution in [3.63, 3.8) is 0 Å². The van der Waals surface area contributed by atoms with Crippen molar-refractivity contribution in [1.82, 2.24) is 24.4 Å². The van der Waals surface area contributed by atoms with Crippen LogP contribution in [0.1, 0.15) is 31.4 Å². The van der Waals surface area contributed by atoms with Gasteiger partial charge < -0.3 is 19.9 Å². The van der Waals surface area contributed by atoms with Gasteiger partial charge >= 0.3 is 6.01 Å². The summed E-state index contributed by atoms with van der Waals surface area (Å²) in [6.45, 7) is 5.62. The van der Waals surface area contributed by atoms with Crippen molar-refractivity contribution >= 4 is 17.0 Å². The van der Waals surface area contributed by atoms with E-state index in [1.54, 1.807) is 6.33 Å². The molecule has 1 aromatic carbocycles. The van der Waals surface area contributed by atoms with Gasteiger partial charge in [0.1, 0.15) is 0 Å². The first-order chi connectivity index (χ1) is 12.5. The van der Waals surface area contributed by atoms with Gasteiger partial charge in [-0.1, -0.05) is 31.2 Å². The molecule has 1 atom stereocenters.